The van der Waals surface area contributed by atoms with E-state index in [4.69, 9.17) is 14.2 Å². The van der Waals surface area contributed by atoms with Crippen LogP contribution in [0.4, 0.5) is 0 Å². The van der Waals surface area contributed by atoms with Crippen molar-refractivity contribution in [2.45, 2.75) is 49.0 Å². The summed E-state index contributed by atoms with van der Waals surface area (Å²) in [5.41, 5.74) is 1.84. The predicted molar refractivity (Wildman–Crippen MR) is 128 cm³/mol. The van der Waals surface area contributed by atoms with Crippen LogP contribution in [0, 0.1) is 0 Å². The Balaban J connectivity index is 1.44. The fourth-order valence-corrected chi connectivity index (χ4v) is 5.60. The van der Waals surface area contributed by atoms with E-state index in [1.165, 1.54) is 5.56 Å². The Bertz CT molecular complexity index is 874. The normalized spacial score (nSPS) is 20.1. The predicted octanol–water partition coefficient (Wildman–Crippen LogP) is 4.83. The first-order valence-corrected chi connectivity index (χ1v) is 12.6. The molecular weight excluding hydrogens is 422 g/mol. The van der Waals surface area contributed by atoms with E-state index >= 15 is 0 Å². The molecule has 0 aromatic heterocycles. The molecule has 1 N–H and O–H groups in total. The van der Waals surface area contributed by atoms with E-state index in [0.717, 1.165) is 54.3 Å². The smallest absolute Gasteiger partial charge is 0.252 e. The molecule has 2 aliphatic heterocycles. The van der Waals surface area contributed by atoms with E-state index in [2.05, 4.69) is 17.4 Å². The largest absolute Gasteiger partial charge is 0.494 e. The van der Waals surface area contributed by atoms with Crippen LogP contribution in [0.5, 0.6) is 5.75 Å². The lowest BCUT2D eigenvalue weighted by atomic mass is 9.74. The summed E-state index contributed by atoms with van der Waals surface area (Å²) in [5, 5.41) is 3.25. The minimum Gasteiger partial charge on any atom is -0.494 e. The minimum absolute atomic E-state index is 0.0164. The quantitative estimate of drug-likeness (QED) is 0.549. The van der Waals surface area contributed by atoms with Gasteiger partial charge in [0, 0.05) is 42.4 Å². The van der Waals surface area contributed by atoms with Gasteiger partial charge in [-0.25, -0.2) is 0 Å². The highest BCUT2D eigenvalue weighted by Gasteiger charge is 2.35. The molecule has 32 heavy (non-hydrogen) atoms. The number of ether oxygens (including phenoxy) is 3. The van der Waals surface area contributed by atoms with Crippen LogP contribution in [-0.2, 0) is 14.9 Å². The Morgan fingerprint density at radius 3 is 2.62 bits per heavy atom. The summed E-state index contributed by atoms with van der Waals surface area (Å²) >= 11 is 1.72. The third-order valence-corrected chi connectivity index (χ3v) is 7.60. The standard InChI is InChI=1S/C26H33NO4S/c1-2-30-21-11-9-20(10-12-21)26(13-16-29-17-14-26)19-27-25(28)23-7-3-4-8-24(23)32-18-22-6-5-15-31-22/h3-4,7-12,22H,2,5-6,13-19H2,1H3,(H,27,28). The summed E-state index contributed by atoms with van der Waals surface area (Å²) in [6.45, 7) is 5.49. The number of amides is 1. The van der Waals surface area contributed by atoms with Crippen LogP contribution in [0.15, 0.2) is 53.4 Å². The second-order valence-corrected chi connectivity index (χ2v) is 9.54. The van der Waals surface area contributed by atoms with Gasteiger partial charge in [0.25, 0.3) is 5.91 Å². The van der Waals surface area contributed by atoms with Gasteiger partial charge in [-0.3, -0.25) is 4.79 Å². The Hall–Kier alpha value is -2.02. The fraction of sp³-hybridized carbons (Fsp3) is 0.500. The zero-order chi connectivity index (χ0) is 22.2. The lowest BCUT2D eigenvalue weighted by Gasteiger charge is -2.38. The highest BCUT2D eigenvalue weighted by Crippen LogP contribution is 2.35. The van der Waals surface area contributed by atoms with Crippen molar-refractivity contribution in [3.8, 4) is 5.75 Å². The van der Waals surface area contributed by atoms with Crippen molar-refractivity contribution in [2.75, 3.05) is 38.7 Å². The summed E-state index contributed by atoms with van der Waals surface area (Å²) in [4.78, 5) is 14.2. The monoisotopic (exact) mass is 455 g/mol. The summed E-state index contributed by atoms with van der Waals surface area (Å²) in [6.07, 6.45) is 4.30. The van der Waals surface area contributed by atoms with Gasteiger partial charge in [-0.1, -0.05) is 24.3 Å². The molecule has 0 radical (unpaired) electrons. The SMILES string of the molecule is CCOc1ccc(C2(CNC(=O)c3ccccc3SCC3CCCO3)CCOCC2)cc1. The van der Waals surface area contributed by atoms with Crippen LogP contribution in [-0.4, -0.2) is 50.7 Å². The Labute approximate surface area is 195 Å². The van der Waals surface area contributed by atoms with E-state index < -0.39 is 0 Å². The summed E-state index contributed by atoms with van der Waals surface area (Å²) in [6, 6.07) is 16.2. The van der Waals surface area contributed by atoms with Gasteiger partial charge in [0.1, 0.15) is 5.75 Å². The third kappa shape index (κ3) is 5.66. The molecule has 1 atom stereocenters. The molecule has 2 saturated heterocycles. The van der Waals surface area contributed by atoms with Crippen LogP contribution >= 0.6 is 11.8 Å². The van der Waals surface area contributed by atoms with Gasteiger partial charge in [-0.2, -0.15) is 0 Å². The van der Waals surface area contributed by atoms with Crippen LogP contribution in [0.25, 0.3) is 0 Å². The minimum atomic E-state index is -0.127. The molecule has 2 aromatic rings. The molecule has 0 bridgehead atoms. The Kier molecular flexibility index (Phi) is 8.11. The van der Waals surface area contributed by atoms with Crippen LogP contribution in [0.3, 0.4) is 0 Å². The van der Waals surface area contributed by atoms with Crippen molar-refractivity contribution in [2.24, 2.45) is 0 Å². The highest BCUT2D eigenvalue weighted by atomic mass is 32.2. The maximum atomic E-state index is 13.2. The van der Waals surface area contributed by atoms with Gasteiger partial charge in [0.15, 0.2) is 0 Å². The molecule has 1 unspecified atom stereocenters. The van der Waals surface area contributed by atoms with E-state index in [9.17, 15) is 4.79 Å². The number of carbonyl (C=O) groups is 1. The second kappa shape index (κ2) is 11.2. The lowest BCUT2D eigenvalue weighted by molar-refractivity contribution is 0.0486. The van der Waals surface area contributed by atoms with Gasteiger partial charge >= 0.3 is 0 Å². The molecular formula is C26H33NO4S. The molecule has 2 aliphatic rings. The molecule has 2 aromatic carbocycles. The van der Waals surface area contributed by atoms with Crippen molar-refractivity contribution in [3.05, 3.63) is 59.7 Å². The second-order valence-electron chi connectivity index (χ2n) is 8.47. The van der Waals surface area contributed by atoms with Crippen molar-refractivity contribution in [3.63, 3.8) is 0 Å². The van der Waals surface area contributed by atoms with Crippen molar-refractivity contribution in [1.29, 1.82) is 0 Å². The van der Waals surface area contributed by atoms with Gasteiger partial charge in [-0.15, -0.1) is 11.8 Å². The van der Waals surface area contributed by atoms with E-state index in [0.29, 0.717) is 32.5 Å². The third-order valence-electron chi connectivity index (χ3n) is 6.40. The first-order valence-electron chi connectivity index (χ1n) is 11.6. The Morgan fingerprint density at radius 1 is 1.12 bits per heavy atom. The van der Waals surface area contributed by atoms with Gasteiger partial charge in [-0.05, 0) is 62.4 Å². The maximum Gasteiger partial charge on any atom is 0.252 e. The lowest BCUT2D eigenvalue weighted by Crippen LogP contribution is -2.44. The van der Waals surface area contributed by atoms with E-state index in [1.54, 1.807) is 11.8 Å². The maximum absolute atomic E-state index is 13.2. The Morgan fingerprint density at radius 2 is 1.91 bits per heavy atom. The number of hydrogen-bond donors (Lipinski definition) is 1. The topological polar surface area (TPSA) is 56.8 Å². The van der Waals surface area contributed by atoms with E-state index in [1.807, 2.05) is 43.3 Å². The molecule has 2 fully saturated rings. The molecule has 1 amide bonds. The summed E-state index contributed by atoms with van der Waals surface area (Å²) < 4.78 is 17.0. The zero-order valence-electron chi connectivity index (χ0n) is 18.8. The molecule has 172 valence electrons. The summed E-state index contributed by atoms with van der Waals surface area (Å²) in [5.74, 6) is 1.74. The molecule has 6 heteroatoms. The van der Waals surface area contributed by atoms with Gasteiger partial charge in [0.2, 0.25) is 0 Å². The van der Waals surface area contributed by atoms with Crippen molar-refractivity contribution >= 4 is 17.7 Å². The summed E-state index contributed by atoms with van der Waals surface area (Å²) in [7, 11) is 0. The number of nitrogens with one attached hydrogen (secondary N) is 1. The zero-order valence-corrected chi connectivity index (χ0v) is 19.6. The molecule has 5 nitrogen and oxygen atoms in total. The van der Waals surface area contributed by atoms with E-state index in [-0.39, 0.29) is 11.3 Å². The van der Waals surface area contributed by atoms with Crippen LogP contribution in [0.2, 0.25) is 0 Å². The first-order chi connectivity index (χ1) is 15.7. The number of carbonyl (C=O) groups excluding carboxylic acids is 1. The van der Waals surface area contributed by atoms with Gasteiger partial charge in [0.05, 0.1) is 18.3 Å². The molecule has 4 rings (SSSR count). The molecule has 2 heterocycles. The molecule has 0 aliphatic carbocycles. The van der Waals surface area contributed by atoms with Gasteiger partial charge < -0.3 is 19.5 Å². The number of thioether (sulfide) groups is 1. The number of benzene rings is 2. The molecule has 0 saturated carbocycles. The van der Waals surface area contributed by atoms with Crippen molar-refractivity contribution in [1.82, 2.24) is 5.32 Å². The van der Waals surface area contributed by atoms with Crippen LogP contribution in [0.1, 0.15) is 48.5 Å². The average Bonchev–Trinajstić information content (AvgIpc) is 3.36. The number of hydrogen-bond acceptors (Lipinski definition) is 5. The first kappa shape index (κ1) is 23.1. The fourth-order valence-electron chi connectivity index (χ4n) is 4.48. The number of rotatable bonds is 9. The molecule has 0 spiro atoms. The highest BCUT2D eigenvalue weighted by molar-refractivity contribution is 7.99. The van der Waals surface area contributed by atoms with Crippen molar-refractivity contribution < 1.29 is 19.0 Å². The average molecular weight is 456 g/mol. The van der Waals surface area contributed by atoms with Crippen LogP contribution < -0.4 is 10.1 Å².